The van der Waals surface area contributed by atoms with E-state index in [9.17, 15) is 14.4 Å². The number of hydrogen-bond acceptors (Lipinski definition) is 6. The Balaban J connectivity index is 1.34. The van der Waals surface area contributed by atoms with Crippen LogP contribution in [-0.4, -0.2) is 31.0 Å². The van der Waals surface area contributed by atoms with Crippen LogP contribution < -0.4 is 25.5 Å². The van der Waals surface area contributed by atoms with Gasteiger partial charge in [0.15, 0.2) is 11.5 Å². The first-order valence-electron chi connectivity index (χ1n) is 12.1. The summed E-state index contributed by atoms with van der Waals surface area (Å²) >= 11 is 3.34. The highest BCUT2D eigenvalue weighted by molar-refractivity contribution is 9.10. The van der Waals surface area contributed by atoms with Gasteiger partial charge in [-0.05, 0) is 65.7 Å². The first-order valence-corrected chi connectivity index (χ1v) is 12.9. The number of methoxy groups -OCH3 is 1. The number of amides is 3. The van der Waals surface area contributed by atoms with Crippen molar-refractivity contribution in [2.75, 3.05) is 17.7 Å². The van der Waals surface area contributed by atoms with Gasteiger partial charge in [0.1, 0.15) is 6.61 Å². The molecular weight excluding hydrogens is 576 g/mol. The molecule has 0 radical (unpaired) electrons. The van der Waals surface area contributed by atoms with Crippen molar-refractivity contribution in [1.82, 2.24) is 5.43 Å². The number of nitrogens with one attached hydrogen (secondary N) is 3. The number of carbonyl (C=O) groups excluding carboxylic acids is 3. The largest absolute Gasteiger partial charge is 0.493 e. The summed E-state index contributed by atoms with van der Waals surface area (Å²) in [4.78, 5) is 37.6. The topological polar surface area (TPSA) is 118 Å². The first-order chi connectivity index (χ1) is 19.4. The molecule has 0 unspecified atom stereocenters. The highest BCUT2D eigenvalue weighted by atomic mass is 79.9. The predicted molar refractivity (Wildman–Crippen MR) is 157 cm³/mol. The fourth-order valence-corrected chi connectivity index (χ4v) is 3.80. The zero-order chi connectivity index (χ0) is 28.3. The van der Waals surface area contributed by atoms with Gasteiger partial charge in [0, 0.05) is 10.2 Å². The average Bonchev–Trinajstić information content (AvgIpc) is 2.98. The molecule has 4 rings (SSSR count). The summed E-state index contributed by atoms with van der Waals surface area (Å²) < 4.78 is 12.1. The van der Waals surface area contributed by atoms with E-state index in [4.69, 9.17) is 9.47 Å². The van der Waals surface area contributed by atoms with Crippen molar-refractivity contribution in [3.05, 3.63) is 118 Å². The van der Waals surface area contributed by atoms with Crippen LogP contribution in [0.15, 0.2) is 107 Å². The molecule has 0 aliphatic rings. The van der Waals surface area contributed by atoms with Crippen LogP contribution in [0.2, 0.25) is 0 Å². The summed E-state index contributed by atoms with van der Waals surface area (Å²) in [7, 11) is 1.52. The zero-order valence-corrected chi connectivity index (χ0v) is 23.0. The number of carbonyl (C=O) groups is 3. The molecule has 0 saturated carbocycles. The molecule has 0 bridgehead atoms. The molecule has 3 N–H and O–H groups in total. The van der Waals surface area contributed by atoms with E-state index in [-0.39, 0.29) is 11.3 Å². The Labute approximate surface area is 239 Å². The second-order valence-corrected chi connectivity index (χ2v) is 9.26. The van der Waals surface area contributed by atoms with E-state index in [1.54, 1.807) is 60.7 Å². The molecule has 0 aliphatic heterocycles. The van der Waals surface area contributed by atoms with Gasteiger partial charge in [0.2, 0.25) is 0 Å². The number of nitrogens with zero attached hydrogens (tertiary/aromatic N) is 1. The summed E-state index contributed by atoms with van der Waals surface area (Å²) in [5.41, 5.74) is 4.76. The van der Waals surface area contributed by atoms with Gasteiger partial charge in [-0.1, -0.05) is 58.4 Å². The Kier molecular flexibility index (Phi) is 9.62. The van der Waals surface area contributed by atoms with Crippen LogP contribution in [0.1, 0.15) is 21.5 Å². The van der Waals surface area contributed by atoms with E-state index in [0.29, 0.717) is 29.4 Å². The minimum absolute atomic E-state index is 0.178. The lowest BCUT2D eigenvalue weighted by atomic mass is 10.1. The van der Waals surface area contributed by atoms with Gasteiger partial charge >= 0.3 is 11.8 Å². The number of rotatable bonds is 9. The second-order valence-electron chi connectivity index (χ2n) is 8.34. The lowest BCUT2D eigenvalue weighted by molar-refractivity contribution is -0.136. The van der Waals surface area contributed by atoms with Crippen LogP contribution in [0.3, 0.4) is 0 Å². The van der Waals surface area contributed by atoms with E-state index in [2.05, 4.69) is 37.1 Å². The van der Waals surface area contributed by atoms with E-state index in [0.717, 1.165) is 10.0 Å². The molecule has 0 fully saturated rings. The summed E-state index contributed by atoms with van der Waals surface area (Å²) in [5, 5.41) is 9.07. The van der Waals surface area contributed by atoms with E-state index in [1.807, 2.05) is 30.3 Å². The van der Waals surface area contributed by atoms with Crippen LogP contribution in [-0.2, 0) is 16.2 Å². The molecule has 0 atom stereocenters. The van der Waals surface area contributed by atoms with Gasteiger partial charge in [0.05, 0.1) is 24.6 Å². The molecular formula is C30H25BrN4O5. The van der Waals surface area contributed by atoms with Gasteiger partial charge in [-0.2, -0.15) is 5.10 Å². The quantitative estimate of drug-likeness (QED) is 0.135. The number of hydrogen-bond donors (Lipinski definition) is 3. The number of anilines is 2. The highest BCUT2D eigenvalue weighted by Gasteiger charge is 2.18. The summed E-state index contributed by atoms with van der Waals surface area (Å²) in [6.45, 7) is 0.380. The van der Waals surface area contributed by atoms with Crippen molar-refractivity contribution in [2.45, 2.75) is 6.61 Å². The Morgan fingerprint density at radius 1 is 0.825 bits per heavy atom. The minimum Gasteiger partial charge on any atom is -0.493 e. The van der Waals surface area contributed by atoms with E-state index < -0.39 is 17.7 Å². The maximum Gasteiger partial charge on any atom is 0.329 e. The number of ether oxygens (including phenoxy) is 2. The molecule has 0 spiro atoms. The van der Waals surface area contributed by atoms with Crippen LogP contribution in [0, 0.1) is 0 Å². The Morgan fingerprint density at radius 3 is 2.30 bits per heavy atom. The molecule has 10 heteroatoms. The van der Waals surface area contributed by atoms with Gasteiger partial charge in [-0.15, -0.1) is 0 Å². The van der Waals surface area contributed by atoms with Crippen molar-refractivity contribution in [3.63, 3.8) is 0 Å². The number of halogens is 1. The third kappa shape index (κ3) is 7.78. The van der Waals surface area contributed by atoms with Crippen LogP contribution in [0.4, 0.5) is 11.4 Å². The fraction of sp³-hybridized carbons (Fsp3) is 0.0667. The molecule has 0 aromatic heterocycles. The third-order valence-corrected chi connectivity index (χ3v) is 6.06. The molecule has 4 aromatic rings. The lowest BCUT2D eigenvalue weighted by Gasteiger charge is -2.11. The smallest absolute Gasteiger partial charge is 0.329 e. The molecule has 9 nitrogen and oxygen atoms in total. The standard InChI is InChI=1S/C30H25BrN4O5/c1-39-27-17-21(11-16-26(27)40-19-20-7-3-2-4-8-20)18-32-35-30(38)29(37)34-25-10-6-5-9-24(25)28(36)33-23-14-12-22(31)13-15-23/h2-18H,19H2,1H3,(H,33,36)(H,34,37)(H,35,38). The van der Waals surface area contributed by atoms with Gasteiger partial charge in [0.25, 0.3) is 5.91 Å². The Hall–Kier alpha value is -4.96. The molecule has 40 heavy (non-hydrogen) atoms. The van der Waals surface area contributed by atoms with Crippen LogP contribution >= 0.6 is 15.9 Å². The maximum absolute atomic E-state index is 12.8. The molecule has 4 aromatic carbocycles. The molecule has 0 saturated heterocycles. The summed E-state index contributed by atoms with van der Waals surface area (Å²) in [6, 6.07) is 28.3. The Bertz CT molecular complexity index is 1530. The summed E-state index contributed by atoms with van der Waals surface area (Å²) in [5.74, 6) is -1.39. The third-order valence-electron chi connectivity index (χ3n) is 5.53. The SMILES string of the molecule is COc1cc(C=NNC(=O)C(=O)Nc2ccccc2C(=O)Nc2ccc(Br)cc2)ccc1OCc1ccccc1. The predicted octanol–water partition coefficient (Wildman–Crippen LogP) is 5.38. The monoisotopic (exact) mass is 600 g/mol. The highest BCUT2D eigenvalue weighted by Crippen LogP contribution is 2.28. The first kappa shape index (κ1) is 28.1. The number of para-hydroxylation sites is 1. The lowest BCUT2D eigenvalue weighted by Crippen LogP contribution is -2.33. The minimum atomic E-state index is -1.01. The van der Waals surface area contributed by atoms with Gasteiger partial charge in [-0.3, -0.25) is 14.4 Å². The zero-order valence-electron chi connectivity index (χ0n) is 21.4. The Morgan fingerprint density at radius 2 is 1.55 bits per heavy atom. The normalized spacial score (nSPS) is 10.6. The summed E-state index contributed by atoms with van der Waals surface area (Å²) in [6.07, 6.45) is 1.37. The van der Waals surface area contributed by atoms with E-state index >= 15 is 0 Å². The number of hydrazone groups is 1. The van der Waals surface area contributed by atoms with Gasteiger partial charge in [-0.25, -0.2) is 5.43 Å². The average molecular weight is 601 g/mol. The molecule has 0 aliphatic carbocycles. The van der Waals surface area contributed by atoms with Crippen LogP contribution in [0.25, 0.3) is 0 Å². The molecule has 0 heterocycles. The van der Waals surface area contributed by atoms with Crippen molar-refractivity contribution < 1.29 is 23.9 Å². The van der Waals surface area contributed by atoms with Gasteiger partial charge < -0.3 is 20.1 Å². The van der Waals surface area contributed by atoms with Crippen molar-refractivity contribution >= 4 is 51.2 Å². The van der Waals surface area contributed by atoms with Crippen molar-refractivity contribution in [1.29, 1.82) is 0 Å². The fourth-order valence-electron chi connectivity index (χ4n) is 3.54. The van der Waals surface area contributed by atoms with Crippen molar-refractivity contribution in [3.8, 4) is 11.5 Å². The van der Waals surface area contributed by atoms with Crippen LogP contribution in [0.5, 0.6) is 11.5 Å². The number of benzene rings is 4. The molecule has 3 amide bonds. The van der Waals surface area contributed by atoms with Crippen molar-refractivity contribution in [2.24, 2.45) is 5.10 Å². The van der Waals surface area contributed by atoms with E-state index in [1.165, 1.54) is 19.4 Å². The maximum atomic E-state index is 12.8. The molecule has 202 valence electrons. The second kappa shape index (κ2) is 13.7.